The molecule has 0 aliphatic rings. The van der Waals surface area contributed by atoms with Gasteiger partial charge in [0.05, 0.1) is 11.1 Å². The van der Waals surface area contributed by atoms with E-state index >= 15 is 0 Å². The number of amides is 1. The maximum atomic E-state index is 12.4. The van der Waals surface area contributed by atoms with Crippen LogP contribution in [0.1, 0.15) is 43.1 Å². The van der Waals surface area contributed by atoms with Crippen LogP contribution in [0, 0.1) is 13.8 Å². The number of carbonyl (C=O) groups excluding carboxylic acids is 1. The second kappa shape index (κ2) is 7.94. The van der Waals surface area contributed by atoms with E-state index in [9.17, 15) is 13.2 Å². The largest absolute Gasteiger partial charge is 0.326 e. The molecule has 0 aliphatic carbocycles. The lowest BCUT2D eigenvalue weighted by Crippen LogP contribution is -2.13. The average Bonchev–Trinajstić information content (AvgIpc) is 3.05. The first-order chi connectivity index (χ1) is 13.6. The van der Waals surface area contributed by atoms with Crippen molar-refractivity contribution in [3.05, 3.63) is 47.3 Å². The SMILES string of the molecule is Cc1nc2c(cnn2C(C)C)c(C)c1CCC(=O)Nc1ccc(S(C)(=O)=O)cc1. The van der Waals surface area contributed by atoms with Gasteiger partial charge in [-0.25, -0.2) is 18.1 Å². The number of rotatable bonds is 6. The van der Waals surface area contributed by atoms with Crippen LogP contribution in [0.25, 0.3) is 11.0 Å². The lowest BCUT2D eigenvalue weighted by atomic mass is 10.0. The van der Waals surface area contributed by atoms with Gasteiger partial charge >= 0.3 is 0 Å². The smallest absolute Gasteiger partial charge is 0.224 e. The lowest BCUT2D eigenvalue weighted by molar-refractivity contribution is -0.116. The molecule has 0 fully saturated rings. The van der Waals surface area contributed by atoms with Crippen molar-refractivity contribution in [1.29, 1.82) is 0 Å². The van der Waals surface area contributed by atoms with Crippen LogP contribution in [0.5, 0.6) is 0 Å². The summed E-state index contributed by atoms with van der Waals surface area (Å²) in [6.45, 7) is 8.14. The van der Waals surface area contributed by atoms with Gasteiger partial charge in [0.2, 0.25) is 5.91 Å². The van der Waals surface area contributed by atoms with Gasteiger partial charge in [-0.15, -0.1) is 0 Å². The molecule has 2 aromatic heterocycles. The van der Waals surface area contributed by atoms with Gasteiger partial charge in [-0.05, 0) is 69.5 Å². The van der Waals surface area contributed by atoms with Crippen molar-refractivity contribution in [1.82, 2.24) is 14.8 Å². The monoisotopic (exact) mass is 414 g/mol. The van der Waals surface area contributed by atoms with Gasteiger partial charge in [0.25, 0.3) is 0 Å². The van der Waals surface area contributed by atoms with Crippen LogP contribution in [0.15, 0.2) is 35.4 Å². The van der Waals surface area contributed by atoms with Crippen molar-refractivity contribution in [2.24, 2.45) is 0 Å². The van der Waals surface area contributed by atoms with E-state index in [0.29, 0.717) is 18.5 Å². The van der Waals surface area contributed by atoms with Crippen LogP contribution in [0.4, 0.5) is 5.69 Å². The zero-order valence-corrected chi connectivity index (χ0v) is 18.2. The third kappa shape index (κ3) is 4.48. The Morgan fingerprint density at radius 3 is 2.41 bits per heavy atom. The quantitative estimate of drug-likeness (QED) is 0.665. The Kier molecular flexibility index (Phi) is 5.75. The molecule has 3 rings (SSSR count). The number of sulfone groups is 1. The average molecular weight is 415 g/mol. The van der Waals surface area contributed by atoms with Gasteiger partial charge in [0.15, 0.2) is 15.5 Å². The van der Waals surface area contributed by atoms with Gasteiger partial charge in [-0.1, -0.05) is 0 Å². The maximum absolute atomic E-state index is 12.4. The summed E-state index contributed by atoms with van der Waals surface area (Å²) in [5.74, 6) is -0.131. The van der Waals surface area contributed by atoms with E-state index in [1.54, 1.807) is 12.1 Å². The van der Waals surface area contributed by atoms with Gasteiger partial charge in [-0.3, -0.25) is 4.79 Å². The molecule has 0 spiro atoms. The summed E-state index contributed by atoms with van der Waals surface area (Å²) in [4.78, 5) is 17.3. The Morgan fingerprint density at radius 2 is 1.83 bits per heavy atom. The number of nitrogens with zero attached hydrogens (tertiary/aromatic N) is 3. The number of hydrogen-bond acceptors (Lipinski definition) is 5. The molecule has 0 bridgehead atoms. The highest BCUT2D eigenvalue weighted by atomic mass is 32.2. The number of carbonyl (C=O) groups is 1. The first kappa shape index (κ1) is 21.0. The van der Waals surface area contributed by atoms with E-state index in [0.717, 1.165) is 34.1 Å². The predicted molar refractivity (Wildman–Crippen MR) is 114 cm³/mol. The molecule has 3 aromatic rings. The van der Waals surface area contributed by atoms with Crippen molar-refractivity contribution in [2.75, 3.05) is 11.6 Å². The number of pyridine rings is 1. The van der Waals surface area contributed by atoms with Crippen LogP contribution in [-0.2, 0) is 21.1 Å². The highest BCUT2D eigenvalue weighted by Crippen LogP contribution is 2.25. The lowest BCUT2D eigenvalue weighted by Gasteiger charge is -2.13. The predicted octanol–water partition coefficient (Wildman–Crippen LogP) is 3.60. The van der Waals surface area contributed by atoms with Gasteiger partial charge < -0.3 is 5.32 Å². The summed E-state index contributed by atoms with van der Waals surface area (Å²) in [7, 11) is -3.25. The van der Waals surface area contributed by atoms with Crippen LogP contribution < -0.4 is 5.32 Å². The molecule has 8 heteroatoms. The van der Waals surface area contributed by atoms with Gasteiger partial charge in [-0.2, -0.15) is 5.10 Å². The zero-order chi connectivity index (χ0) is 21.3. The molecule has 1 aromatic carbocycles. The summed E-state index contributed by atoms with van der Waals surface area (Å²) in [5, 5.41) is 8.27. The standard InChI is InChI=1S/C21H26N4O3S/c1-13(2)25-21-19(12-22-25)14(3)18(15(4)23-21)10-11-20(26)24-16-6-8-17(9-7-16)29(5,27)28/h6-9,12-13H,10-11H2,1-5H3,(H,24,26). The summed E-state index contributed by atoms with van der Waals surface area (Å²) in [5.41, 5.74) is 4.51. The highest BCUT2D eigenvalue weighted by molar-refractivity contribution is 7.90. The second-order valence-electron chi connectivity index (χ2n) is 7.57. The summed E-state index contributed by atoms with van der Waals surface area (Å²) in [6.07, 6.45) is 3.87. The minimum atomic E-state index is -3.25. The third-order valence-corrected chi connectivity index (χ3v) is 6.12. The van der Waals surface area contributed by atoms with Crippen molar-refractivity contribution < 1.29 is 13.2 Å². The molecule has 0 atom stereocenters. The Bertz CT molecular complexity index is 1160. The molecular formula is C21H26N4O3S. The molecule has 1 N–H and O–H groups in total. The van der Waals surface area contributed by atoms with E-state index in [4.69, 9.17) is 4.98 Å². The fourth-order valence-electron chi connectivity index (χ4n) is 3.39. The molecule has 2 heterocycles. The van der Waals surface area contributed by atoms with Crippen molar-refractivity contribution in [3.8, 4) is 0 Å². The summed E-state index contributed by atoms with van der Waals surface area (Å²) < 4.78 is 25.0. The van der Waals surface area contributed by atoms with Crippen LogP contribution in [0.2, 0.25) is 0 Å². The highest BCUT2D eigenvalue weighted by Gasteiger charge is 2.16. The maximum Gasteiger partial charge on any atom is 0.224 e. The fourth-order valence-corrected chi connectivity index (χ4v) is 4.02. The Labute approximate surface area is 171 Å². The summed E-state index contributed by atoms with van der Waals surface area (Å²) >= 11 is 0. The van der Waals surface area contributed by atoms with Crippen molar-refractivity contribution in [2.45, 2.75) is 51.5 Å². The van der Waals surface area contributed by atoms with E-state index in [-0.39, 0.29) is 16.8 Å². The number of aromatic nitrogens is 3. The van der Waals surface area contributed by atoms with Crippen LogP contribution in [-0.4, -0.2) is 35.3 Å². The first-order valence-corrected chi connectivity index (χ1v) is 11.4. The molecule has 0 saturated carbocycles. The van der Waals surface area contributed by atoms with E-state index in [2.05, 4.69) is 24.3 Å². The van der Waals surface area contributed by atoms with Crippen LogP contribution in [0.3, 0.4) is 0 Å². The number of fused-ring (bicyclic) bond motifs is 1. The summed E-state index contributed by atoms with van der Waals surface area (Å²) in [6, 6.07) is 6.40. The fraction of sp³-hybridized carbons (Fsp3) is 0.381. The molecule has 0 saturated heterocycles. The normalized spacial score (nSPS) is 11.9. The minimum Gasteiger partial charge on any atom is -0.326 e. The molecule has 0 radical (unpaired) electrons. The number of anilines is 1. The molecule has 0 unspecified atom stereocenters. The Hall–Kier alpha value is -2.74. The Morgan fingerprint density at radius 1 is 1.17 bits per heavy atom. The number of benzene rings is 1. The second-order valence-corrected chi connectivity index (χ2v) is 9.58. The molecule has 7 nitrogen and oxygen atoms in total. The minimum absolute atomic E-state index is 0.131. The molecular weight excluding hydrogens is 388 g/mol. The van der Waals surface area contributed by atoms with Gasteiger partial charge in [0.1, 0.15) is 0 Å². The third-order valence-electron chi connectivity index (χ3n) is 4.99. The van der Waals surface area contributed by atoms with E-state index < -0.39 is 9.84 Å². The van der Waals surface area contributed by atoms with E-state index in [1.807, 2.05) is 24.7 Å². The number of hydrogen-bond donors (Lipinski definition) is 1. The van der Waals surface area contributed by atoms with E-state index in [1.165, 1.54) is 12.1 Å². The zero-order valence-electron chi connectivity index (χ0n) is 17.4. The van der Waals surface area contributed by atoms with Crippen LogP contribution >= 0.6 is 0 Å². The molecule has 1 amide bonds. The molecule has 0 aliphatic heterocycles. The first-order valence-electron chi connectivity index (χ1n) is 9.51. The molecule has 29 heavy (non-hydrogen) atoms. The Balaban J connectivity index is 1.72. The van der Waals surface area contributed by atoms with Crippen molar-refractivity contribution >= 4 is 32.5 Å². The molecule has 154 valence electrons. The van der Waals surface area contributed by atoms with Gasteiger partial charge in [0, 0.05) is 35.5 Å². The van der Waals surface area contributed by atoms with Crippen molar-refractivity contribution in [3.63, 3.8) is 0 Å². The topological polar surface area (TPSA) is 93.9 Å². The number of aryl methyl sites for hydroxylation is 2. The number of nitrogens with one attached hydrogen (secondary N) is 1.